The minimum Gasteiger partial charge on any atom is -0.277 e. The zero-order valence-electron chi connectivity index (χ0n) is 7.39. The molecule has 0 radical (unpaired) electrons. The largest absolute Gasteiger partial charge is 0.385 e. The lowest BCUT2D eigenvalue weighted by Crippen LogP contribution is -2.24. The van der Waals surface area contributed by atoms with Crippen LogP contribution >= 0.6 is 0 Å². The van der Waals surface area contributed by atoms with Crippen LogP contribution in [0.2, 0.25) is 0 Å². The molecule has 0 aromatic heterocycles. The maximum atomic E-state index is 11.5. The second kappa shape index (κ2) is 2.64. The van der Waals surface area contributed by atoms with Crippen molar-refractivity contribution in [3.63, 3.8) is 0 Å². The highest BCUT2D eigenvalue weighted by molar-refractivity contribution is 6.21. The van der Waals surface area contributed by atoms with Gasteiger partial charge in [-0.3, -0.25) is 14.5 Å². The van der Waals surface area contributed by atoms with Crippen molar-refractivity contribution in [2.75, 3.05) is 7.05 Å². The summed E-state index contributed by atoms with van der Waals surface area (Å²) in [4.78, 5) is 26.9. The summed E-state index contributed by atoms with van der Waals surface area (Å²) in [5.74, 6) is -0.690. The molecule has 1 aromatic carbocycles. The first kappa shape index (κ1) is 8.38. The molecule has 0 fully saturated rings. The lowest BCUT2D eigenvalue weighted by Gasteiger charge is -2.02. The Labute approximate surface area is 79.6 Å². The van der Waals surface area contributed by atoms with Gasteiger partial charge < -0.3 is 0 Å². The number of imide groups is 1. The molecule has 0 atom stereocenters. The van der Waals surface area contributed by atoms with Crippen LogP contribution in [0.1, 0.15) is 20.7 Å². The predicted molar refractivity (Wildman–Crippen MR) is 47.6 cm³/mol. The van der Waals surface area contributed by atoms with Crippen LogP contribution in [0.5, 0.6) is 0 Å². The number of carbonyl (C=O) groups is 2. The molecule has 1 aliphatic rings. The third-order valence-corrected chi connectivity index (χ3v) is 2.19. The van der Waals surface area contributed by atoms with Gasteiger partial charge in [0.15, 0.2) is 4.98 Å². The average molecular weight is 188 g/mol. The molecule has 1 aliphatic heterocycles. The van der Waals surface area contributed by atoms with Crippen molar-refractivity contribution in [2.24, 2.45) is 0 Å². The third-order valence-electron chi connectivity index (χ3n) is 2.19. The van der Waals surface area contributed by atoms with Gasteiger partial charge in [-0.05, 0) is 6.07 Å². The van der Waals surface area contributed by atoms with Crippen molar-refractivity contribution in [3.8, 4) is 0 Å². The molecular weight excluding hydrogens is 182 g/mol. The Morgan fingerprint density at radius 2 is 1.86 bits per heavy atom. The molecule has 2 amide bonds. The van der Waals surface area contributed by atoms with Crippen LogP contribution in [0.25, 0.3) is 4.98 Å². The third kappa shape index (κ3) is 0.910. The van der Waals surface area contributed by atoms with Crippen LogP contribution in [-0.4, -0.2) is 23.8 Å². The normalized spacial score (nSPS) is 14.1. The molecule has 0 aliphatic carbocycles. The first-order valence-corrected chi connectivity index (χ1v) is 3.96. The zero-order valence-corrected chi connectivity index (χ0v) is 7.39. The molecule has 1 heterocycles. The number of benzene rings is 1. The molecule has 68 valence electrons. The zero-order chi connectivity index (χ0) is 10.3. The van der Waals surface area contributed by atoms with Gasteiger partial charge in [-0.15, -0.1) is 0 Å². The number of carbonyl (C=O) groups excluding carboxylic acids is 2. The van der Waals surface area contributed by atoms with E-state index in [9.17, 15) is 9.59 Å². The number of diazo groups is 1. The molecule has 0 N–H and O–H groups in total. The number of fused-ring (bicyclic) bond motifs is 1. The monoisotopic (exact) mass is 188 g/mol. The highest BCUT2D eigenvalue weighted by Crippen LogP contribution is 2.25. The summed E-state index contributed by atoms with van der Waals surface area (Å²) in [6.45, 7) is 0. The van der Waals surface area contributed by atoms with Crippen molar-refractivity contribution in [3.05, 3.63) is 34.3 Å². The minimum absolute atomic E-state index is 0.264. The molecule has 5 heteroatoms. The molecule has 1 aromatic rings. The summed E-state index contributed by atoms with van der Waals surface area (Å²) >= 11 is 0. The van der Waals surface area contributed by atoms with E-state index < -0.39 is 0 Å². The molecule has 5 nitrogen and oxygen atoms in total. The lowest BCUT2D eigenvalue weighted by atomic mass is 10.1. The van der Waals surface area contributed by atoms with Gasteiger partial charge in [0.05, 0.1) is 11.1 Å². The maximum absolute atomic E-state index is 11.5. The van der Waals surface area contributed by atoms with Gasteiger partial charge in [-0.2, -0.15) is 0 Å². The van der Waals surface area contributed by atoms with Gasteiger partial charge in [0.25, 0.3) is 11.8 Å². The van der Waals surface area contributed by atoms with E-state index in [1.807, 2.05) is 0 Å². The minimum atomic E-state index is -0.365. The Kier molecular flexibility index (Phi) is 1.58. The molecule has 0 saturated carbocycles. The van der Waals surface area contributed by atoms with Crippen LogP contribution in [0.15, 0.2) is 18.2 Å². The van der Waals surface area contributed by atoms with Gasteiger partial charge >= 0.3 is 5.69 Å². The van der Waals surface area contributed by atoms with Gasteiger partial charge in [-0.25, -0.2) is 0 Å². The van der Waals surface area contributed by atoms with Crippen LogP contribution in [0.4, 0.5) is 5.69 Å². The highest BCUT2D eigenvalue weighted by Gasteiger charge is 2.34. The summed E-state index contributed by atoms with van der Waals surface area (Å²) in [6.07, 6.45) is 0. The molecule has 0 bridgehead atoms. The second-order valence-corrected chi connectivity index (χ2v) is 3.00. The summed E-state index contributed by atoms with van der Waals surface area (Å²) in [6, 6.07) is 4.34. The lowest BCUT2D eigenvalue weighted by molar-refractivity contribution is 0.0693. The number of amides is 2. The Morgan fingerprint density at radius 3 is 2.50 bits per heavy atom. The van der Waals surface area contributed by atoms with E-state index in [1.165, 1.54) is 25.2 Å². The molecular formula is C9H6N3O2+. The van der Waals surface area contributed by atoms with Crippen molar-refractivity contribution in [2.45, 2.75) is 0 Å². The summed E-state index contributed by atoms with van der Waals surface area (Å²) in [5.41, 5.74) is 0.901. The predicted octanol–water partition coefficient (Wildman–Crippen LogP) is 1.40. The van der Waals surface area contributed by atoms with Crippen molar-refractivity contribution >= 4 is 17.5 Å². The van der Waals surface area contributed by atoms with Crippen LogP contribution in [-0.2, 0) is 0 Å². The maximum Gasteiger partial charge on any atom is 0.385 e. The molecule has 14 heavy (non-hydrogen) atoms. The summed E-state index contributed by atoms with van der Waals surface area (Å²) < 4.78 is 0. The first-order chi connectivity index (χ1) is 6.65. The van der Waals surface area contributed by atoms with Gasteiger partial charge in [0.1, 0.15) is 0 Å². The van der Waals surface area contributed by atoms with Gasteiger partial charge in [0.2, 0.25) is 5.39 Å². The molecule has 2 rings (SSSR count). The van der Waals surface area contributed by atoms with Gasteiger partial charge in [-0.1, -0.05) is 0 Å². The Morgan fingerprint density at radius 1 is 1.21 bits per heavy atom. The molecule has 0 unspecified atom stereocenters. The van der Waals surface area contributed by atoms with E-state index in [2.05, 4.69) is 4.98 Å². The summed E-state index contributed by atoms with van der Waals surface area (Å²) in [7, 11) is 1.42. The standard InChI is InChI=1S/C9H6N3O2/c1-12-8(13)6-3-2-5(11-10)4-7(6)9(12)14/h2-4H,1H3/q+1. The highest BCUT2D eigenvalue weighted by atomic mass is 16.2. The van der Waals surface area contributed by atoms with Crippen LogP contribution < -0.4 is 0 Å². The Bertz CT molecular complexity index is 487. The average Bonchev–Trinajstić information content (AvgIpc) is 2.44. The van der Waals surface area contributed by atoms with E-state index >= 15 is 0 Å². The first-order valence-electron chi connectivity index (χ1n) is 3.96. The van der Waals surface area contributed by atoms with Gasteiger partial charge in [0, 0.05) is 19.2 Å². The number of hydrogen-bond donors (Lipinski definition) is 0. The number of rotatable bonds is 0. The SMILES string of the molecule is CN1C(=O)c2ccc([N+]#N)cc2C1=O. The van der Waals surface area contributed by atoms with Crippen molar-refractivity contribution in [1.82, 2.24) is 4.90 Å². The van der Waals surface area contributed by atoms with Crippen molar-refractivity contribution < 1.29 is 9.59 Å². The Balaban J connectivity index is 2.66. The van der Waals surface area contributed by atoms with E-state index in [4.69, 9.17) is 5.39 Å². The fourth-order valence-electron chi connectivity index (χ4n) is 1.41. The van der Waals surface area contributed by atoms with Crippen molar-refractivity contribution in [1.29, 1.82) is 5.39 Å². The number of nitrogens with zero attached hydrogens (tertiary/aromatic N) is 3. The van der Waals surface area contributed by atoms with Crippen LogP contribution in [0.3, 0.4) is 0 Å². The smallest absolute Gasteiger partial charge is 0.277 e. The quantitative estimate of drug-likeness (QED) is 0.456. The van der Waals surface area contributed by atoms with E-state index in [0.717, 1.165) is 4.90 Å². The fraction of sp³-hybridized carbons (Fsp3) is 0.111. The second-order valence-electron chi connectivity index (χ2n) is 3.00. The van der Waals surface area contributed by atoms with E-state index in [0.29, 0.717) is 5.56 Å². The summed E-state index contributed by atoms with van der Waals surface area (Å²) in [5, 5.41) is 8.50. The molecule has 0 saturated heterocycles. The topological polar surface area (TPSA) is 65.5 Å². The number of hydrogen-bond acceptors (Lipinski definition) is 3. The fourth-order valence-corrected chi connectivity index (χ4v) is 1.41. The van der Waals surface area contributed by atoms with Crippen LogP contribution in [0, 0.1) is 5.39 Å². The van der Waals surface area contributed by atoms with E-state index in [1.54, 1.807) is 0 Å². The Hall–Kier alpha value is -2.22. The van der Waals surface area contributed by atoms with E-state index in [-0.39, 0.29) is 23.1 Å². The molecule has 0 spiro atoms.